The number of ether oxygens (including phenoxy) is 2. The van der Waals surface area contributed by atoms with Gasteiger partial charge in [-0.15, -0.1) is 0 Å². The van der Waals surface area contributed by atoms with Gasteiger partial charge >= 0.3 is 0 Å². The molecule has 0 aliphatic heterocycles. The number of carbonyl (C=O) groups is 2. The Labute approximate surface area is 164 Å². The quantitative estimate of drug-likeness (QED) is 0.532. The molecular formula is C22H24N2O4. The summed E-state index contributed by atoms with van der Waals surface area (Å²) in [5.41, 5.74) is 2.87. The van der Waals surface area contributed by atoms with Crippen molar-refractivity contribution in [2.75, 3.05) is 24.4 Å². The van der Waals surface area contributed by atoms with Gasteiger partial charge in [0.2, 0.25) is 11.8 Å². The minimum Gasteiger partial charge on any atom is -0.493 e. The lowest BCUT2D eigenvalue weighted by atomic mass is 10.1. The maximum absolute atomic E-state index is 12.3. The van der Waals surface area contributed by atoms with Crippen molar-refractivity contribution in [3.63, 3.8) is 0 Å². The number of amides is 2. The smallest absolute Gasteiger partial charge is 0.248 e. The highest BCUT2D eigenvalue weighted by atomic mass is 16.5. The van der Waals surface area contributed by atoms with E-state index in [1.807, 2.05) is 13.0 Å². The summed E-state index contributed by atoms with van der Waals surface area (Å²) in [5, 5.41) is 5.55. The Morgan fingerprint density at radius 3 is 2.46 bits per heavy atom. The molecule has 2 aromatic rings. The maximum atomic E-state index is 12.3. The summed E-state index contributed by atoms with van der Waals surface area (Å²) in [5.74, 6) is 0.729. The fraction of sp³-hybridized carbons (Fsp3) is 0.182. The Bertz CT molecular complexity index is 903. The molecule has 6 heteroatoms. The molecule has 0 saturated heterocycles. The van der Waals surface area contributed by atoms with E-state index in [4.69, 9.17) is 9.47 Å². The van der Waals surface area contributed by atoms with Crippen LogP contribution < -0.4 is 20.1 Å². The van der Waals surface area contributed by atoms with Crippen molar-refractivity contribution in [2.45, 2.75) is 13.8 Å². The van der Waals surface area contributed by atoms with Gasteiger partial charge in [-0.1, -0.05) is 24.8 Å². The third-order valence-electron chi connectivity index (χ3n) is 3.87. The predicted octanol–water partition coefficient (Wildman–Crippen LogP) is 4.18. The summed E-state index contributed by atoms with van der Waals surface area (Å²) in [6.45, 7) is 7.27. The molecule has 0 bridgehead atoms. The monoisotopic (exact) mass is 380 g/mol. The number of hydrogen-bond acceptors (Lipinski definition) is 4. The van der Waals surface area contributed by atoms with Gasteiger partial charge in [-0.3, -0.25) is 9.59 Å². The molecular weight excluding hydrogens is 356 g/mol. The Hall–Kier alpha value is -3.54. The second-order valence-corrected chi connectivity index (χ2v) is 5.99. The van der Waals surface area contributed by atoms with Crippen LogP contribution in [-0.2, 0) is 9.59 Å². The lowest BCUT2D eigenvalue weighted by molar-refractivity contribution is -0.114. The summed E-state index contributed by atoms with van der Waals surface area (Å²) in [6.07, 6.45) is 4.77. The second kappa shape index (κ2) is 9.97. The zero-order valence-electron chi connectivity index (χ0n) is 16.2. The normalized spacial score (nSPS) is 10.4. The highest BCUT2D eigenvalue weighted by molar-refractivity contribution is 6.03. The molecule has 146 valence electrons. The number of methoxy groups -OCH3 is 1. The number of rotatable bonds is 8. The van der Waals surface area contributed by atoms with Gasteiger partial charge in [0.05, 0.1) is 7.11 Å². The van der Waals surface area contributed by atoms with Gasteiger partial charge in [0.25, 0.3) is 0 Å². The van der Waals surface area contributed by atoms with Crippen LogP contribution in [-0.4, -0.2) is 25.5 Å². The van der Waals surface area contributed by atoms with E-state index in [9.17, 15) is 9.59 Å². The molecule has 0 saturated carbocycles. The van der Waals surface area contributed by atoms with E-state index in [2.05, 4.69) is 17.2 Å². The summed E-state index contributed by atoms with van der Waals surface area (Å²) < 4.78 is 10.8. The van der Waals surface area contributed by atoms with E-state index < -0.39 is 0 Å². The van der Waals surface area contributed by atoms with E-state index >= 15 is 0 Å². The maximum Gasteiger partial charge on any atom is 0.248 e. The average molecular weight is 380 g/mol. The third-order valence-corrected chi connectivity index (χ3v) is 3.87. The standard InChI is InChI=1S/C22H24N2O4/c1-5-13-28-20-11-9-17(14-21(20)27-4)10-12-22(26)24-19-8-6-7-18(15(19)2)23-16(3)25/h5-12,14H,1,13H2,2-4H3,(H,23,25)(H,24,26)/b12-10+. The van der Waals surface area contributed by atoms with Crippen LogP contribution in [0.1, 0.15) is 18.1 Å². The molecule has 28 heavy (non-hydrogen) atoms. The molecule has 0 atom stereocenters. The van der Waals surface area contributed by atoms with Gasteiger partial charge in [0, 0.05) is 24.4 Å². The van der Waals surface area contributed by atoms with Gasteiger partial charge in [-0.2, -0.15) is 0 Å². The van der Waals surface area contributed by atoms with Gasteiger partial charge < -0.3 is 20.1 Å². The highest BCUT2D eigenvalue weighted by Gasteiger charge is 2.08. The fourth-order valence-corrected chi connectivity index (χ4v) is 2.50. The SMILES string of the molecule is C=CCOc1ccc(/C=C/C(=O)Nc2cccc(NC(C)=O)c2C)cc1OC. The third kappa shape index (κ3) is 5.74. The van der Waals surface area contributed by atoms with Crippen LogP contribution in [0.25, 0.3) is 6.08 Å². The number of anilines is 2. The first-order valence-corrected chi connectivity index (χ1v) is 8.72. The van der Waals surface area contributed by atoms with Crippen molar-refractivity contribution in [3.8, 4) is 11.5 Å². The highest BCUT2D eigenvalue weighted by Crippen LogP contribution is 2.28. The van der Waals surface area contributed by atoms with Crippen LogP contribution in [0.3, 0.4) is 0 Å². The number of benzene rings is 2. The van der Waals surface area contributed by atoms with Gasteiger partial charge in [-0.25, -0.2) is 0 Å². The number of carbonyl (C=O) groups excluding carboxylic acids is 2. The van der Waals surface area contributed by atoms with Crippen LogP contribution in [0.2, 0.25) is 0 Å². The van der Waals surface area contributed by atoms with Crippen LogP contribution in [0, 0.1) is 6.92 Å². The number of hydrogen-bond donors (Lipinski definition) is 2. The van der Waals surface area contributed by atoms with E-state index in [1.54, 1.807) is 49.6 Å². The average Bonchev–Trinajstić information content (AvgIpc) is 2.67. The molecule has 2 amide bonds. The van der Waals surface area contributed by atoms with Crippen molar-refractivity contribution in [1.29, 1.82) is 0 Å². The molecule has 0 radical (unpaired) electrons. The number of nitrogens with one attached hydrogen (secondary N) is 2. The lowest BCUT2D eigenvalue weighted by Gasteiger charge is -2.12. The first-order valence-electron chi connectivity index (χ1n) is 8.72. The first kappa shape index (κ1) is 20.8. The van der Waals surface area contributed by atoms with E-state index in [0.717, 1.165) is 11.1 Å². The topological polar surface area (TPSA) is 76.7 Å². The molecule has 0 aliphatic rings. The predicted molar refractivity (Wildman–Crippen MR) is 112 cm³/mol. The summed E-state index contributed by atoms with van der Waals surface area (Å²) in [4.78, 5) is 23.5. The van der Waals surface area contributed by atoms with Crippen molar-refractivity contribution in [1.82, 2.24) is 0 Å². The molecule has 0 aromatic heterocycles. The molecule has 6 nitrogen and oxygen atoms in total. The minimum atomic E-state index is -0.283. The molecule has 2 aromatic carbocycles. The molecule has 0 aliphatic carbocycles. The van der Waals surface area contributed by atoms with E-state index in [1.165, 1.54) is 13.0 Å². The van der Waals surface area contributed by atoms with Crippen molar-refractivity contribution < 1.29 is 19.1 Å². The second-order valence-electron chi connectivity index (χ2n) is 5.99. The zero-order chi connectivity index (χ0) is 20.5. The van der Waals surface area contributed by atoms with Gasteiger partial charge in [0.15, 0.2) is 11.5 Å². The van der Waals surface area contributed by atoms with Crippen LogP contribution in [0.5, 0.6) is 11.5 Å². The molecule has 0 heterocycles. The Balaban J connectivity index is 2.10. The van der Waals surface area contributed by atoms with Crippen molar-refractivity contribution in [2.24, 2.45) is 0 Å². The zero-order valence-corrected chi connectivity index (χ0v) is 16.2. The van der Waals surface area contributed by atoms with Crippen LogP contribution in [0.4, 0.5) is 11.4 Å². The summed E-state index contributed by atoms with van der Waals surface area (Å²) in [6, 6.07) is 10.7. The molecule has 2 N–H and O–H groups in total. The van der Waals surface area contributed by atoms with Gasteiger partial charge in [-0.05, 0) is 48.4 Å². The Kier molecular flexibility index (Phi) is 7.39. The summed E-state index contributed by atoms with van der Waals surface area (Å²) >= 11 is 0. The summed E-state index contributed by atoms with van der Waals surface area (Å²) in [7, 11) is 1.56. The largest absolute Gasteiger partial charge is 0.493 e. The molecule has 2 rings (SSSR count). The molecule has 0 fully saturated rings. The van der Waals surface area contributed by atoms with Crippen LogP contribution in [0.15, 0.2) is 55.1 Å². The minimum absolute atomic E-state index is 0.166. The fourth-order valence-electron chi connectivity index (χ4n) is 2.50. The van der Waals surface area contributed by atoms with E-state index in [-0.39, 0.29) is 11.8 Å². The van der Waals surface area contributed by atoms with Crippen molar-refractivity contribution in [3.05, 3.63) is 66.3 Å². The van der Waals surface area contributed by atoms with Gasteiger partial charge in [0.1, 0.15) is 6.61 Å². The Morgan fingerprint density at radius 2 is 1.82 bits per heavy atom. The first-order chi connectivity index (χ1) is 13.4. The van der Waals surface area contributed by atoms with Crippen LogP contribution >= 0.6 is 0 Å². The molecule has 0 unspecified atom stereocenters. The Morgan fingerprint density at radius 1 is 1.11 bits per heavy atom. The molecule has 0 spiro atoms. The van der Waals surface area contributed by atoms with Crippen molar-refractivity contribution >= 4 is 29.3 Å². The lowest BCUT2D eigenvalue weighted by Crippen LogP contribution is -2.12. The van der Waals surface area contributed by atoms with E-state index in [0.29, 0.717) is 29.5 Å².